The highest BCUT2D eigenvalue weighted by Gasteiger charge is 2.12. The van der Waals surface area contributed by atoms with Gasteiger partial charge in [-0.05, 0) is 52.9 Å². The first-order valence-electron chi connectivity index (χ1n) is 6.21. The second kappa shape index (κ2) is 6.24. The molecule has 0 aliphatic rings. The molecule has 0 fully saturated rings. The Balaban J connectivity index is 2.66. The molecule has 0 aromatic heterocycles. The molecule has 3 nitrogen and oxygen atoms in total. The number of amides is 2. The van der Waals surface area contributed by atoms with E-state index in [4.69, 9.17) is 0 Å². The topological polar surface area (TPSA) is 41.1 Å². The van der Waals surface area contributed by atoms with E-state index < -0.39 is 0 Å². The van der Waals surface area contributed by atoms with E-state index in [1.807, 2.05) is 32.0 Å². The summed E-state index contributed by atoms with van der Waals surface area (Å²) < 4.78 is 0.874. The fraction of sp³-hybridized carbons (Fsp3) is 0.400. The molecule has 0 spiro atoms. The van der Waals surface area contributed by atoms with E-state index in [0.29, 0.717) is 0 Å². The minimum atomic E-state index is -0.242. The summed E-state index contributed by atoms with van der Waals surface area (Å²) in [6, 6.07) is 5.55. The third-order valence-electron chi connectivity index (χ3n) is 2.98. The minimum absolute atomic E-state index is 0.0533. The summed E-state index contributed by atoms with van der Waals surface area (Å²) in [7, 11) is 0. The number of carbonyl (C=O) groups excluding carboxylic acids is 1. The van der Waals surface area contributed by atoms with E-state index in [9.17, 15) is 4.79 Å². The van der Waals surface area contributed by atoms with Gasteiger partial charge in [-0.3, -0.25) is 0 Å². The Kier molecular flexibility index (Phi) is 5.18. The maximum Gasteiger partial charge on any atom is 0.323 e. The van der Waals surface area contributed by atoms with Crippen LogP contribution in [0.15, 0.2) is 34.4 Å². The second-order valence-electron chi connectivity index (χ2n) is 5.66. The Bertz CT molecular complexity index is 501. The molecule has 0 heterocycles. The highest BCUT2D eigenvalue weighted by atomic mass is 79.9. The summed E-state index contributed by atoms with van der Waals surface area (Å²) in [6.07, 6.45) is 1.75. The number of hydrogen-bond donors (Lipinski definition) is 2. The number of benzene rings is 1. The van der Waals surface area contributed by atoms with Gasteiger partial charge in [0.2, 0.25) is 0 Å². The predicted molar refractivity (Wildman–Crippen MR) is 84.2 cm³/mol. The molecular formula is C15H21BrN2O. The quantitative estimate of drug-likeness (QED) is 0.803. The Morgan fingerprint density at radius 3 is 2.47 bits per heavy atom. The molecule has 2 amide bonds. The molecule has 1 aromatic carbocycles. The SMILES string of the molecule is C/C(=C\NC(=O)Nc1ccc(C)cc1Br)C(C)(C)C. The van der Waals surface area contributed by atoms with Crippen LogP contribution in [0, 0.1) is 12.3 Å². The van der Waals surface area contributed by atoms with Crippen LogP contribution in [-0.4, -0.2) is 6.03 Å². The van der Waals surface area contributed by atoms with Gasteiger partial charge in [0.25, 0.3) is 0 Å². The van der Waals surface area contributed by atoms with E-state index >= 15 is 0 Å². The average molecular weight is 325 g/mol. The Morgan fingerprint density at radius 2 is 1.95 bits per heavy atom. The fourth-order valence-electron chi connectivity index (χ4n) is 1.27. The lowest BCUT2D eigenvalue weighted by molar-refractivity contribution is 0.255. The van der Waals surface area contributed by atoms with Gasteiger partial charge in [0.1, 0.15) is 0 Å². The largest absolute Gasteiger partial charge is 0.323 e. The van der Waals surface area contributed by atoms with Crippen molar-refractivity contribution in [3.8, 4) is 0 Å². The first-order valence-corrected chi connectivity index (χ1v) is 7.00. The first kappa shape index (κ1) is 15.8. The fourth-order valence-corrected chi connectivity index (χ4v) is 1.86. The molecule has 2 N–H and O–H groups in total. The zero-order chi connectivity index (χ0) is 14.6. The maximum atomic E-state index is 11.8. The number of halogens is 1. The molecule has 0 radical (unpaired) electrons. The molecule has 0 unspecified atom stereocenters. The van der Waals surface area contributed by atoms with Gasteiger partial charge in [0, 0.05) is 10.7 Å². The van der Waals surface area contributed by atoms with Gasteiger partial charge in [-0.15, -0.1) is 0 Å². The minimum Gasteiger partial charge on any atom is -0.314 e. The number of allylic oxidation sites excluding steroid dienone is 1. The van der Waals surface area contributed by atoms with E-state index in [1.165, 1.54) is 0 Å². The van der Waals surface area contributed by atoms with Crippen molar-refractivity contribution in [1.29, 1.82) is 0 Å². The zero-order valence-electron chi connectivity index (χ0n) is 12.1. The normalized spacial score (nSPS) is 12.2. The number of urea groups is 1. The molecule has 19 heavy (non-hydrogen) atoms. The van der Waals surface area contributed by atoms with Crippen molar-refractivity contribution in [3.63, 3.8) is 0 Å². The van der Waals surface area contributed by atoms with Crippen molar-refractivity contribution in [2.45, 2.75) is 34.6 Å². The molecular weight excluding hydrogens is 304 g/mol. The summed E-state index contributed by atoms with van der Waals surface area (Å²) in [6.45, 7) is 10.3. The lowest BCUT2D eigenvalue weighted by atomic mass is 9.88. The van der Waals surface area contributed by atoms with Gasteiger partial charge in [-0.25, -0.2) is 4.79 Å². The van der Waals surface area contributed by atoms with Crippen molar-refractivity contribution in [2.24, 2.45) is 5.41 Å². The summed E-state index contributed by atoms with van der Waals surface area (Å²) >= 11 is 3.43. The smallest absolute Gasteiger partial charge is 0.314 e. The first-order chi connectivity index (χ1) is 8.70. The molecule has 104 valence electrons. The molecule has 0 aliphatic heterocycles. The average Bonchev–Trinajstić information content (AvgIpc) is 2.28. The van der Waals surface area contributed by atoms with E-state index in [2.05, 4.69) is 47.3 Å². The summed E-state index contributed by atoms with van der Waals surface area (Å²) in [5.74, 6) is 0. The summed E-state index contributed by atoms with van der Waals surface area (Å²) in [5.41, 5.74) is 3.06. The van der Waals surface area contributed by atoms with Crippen LogP contribution >= 0.6 is 15.9 Å². The number of hydrogen-bond acceptors (Lipinski definition) is 1. The highest BCUT2D eigenvalue weighted by Crippen LogP contribution is 2.24. The van der Waals surface area contributed by atoms with Crippen LogP contribution in [0.2, 0.25) is 0 Å². The van der Waals surface area contributed by atoms with Crippen LogP contribution in [0.4, 0.5) is 10.5 Å². The third kappa shape index (κ3) is 5.07. The van der Waals surface area contributed by atoms with Gasteiger partial charge in [0.15, 0.2) is 0 Å². The molecule has 0 saturated carbocycles. The number of anilines is 1. The van der Waals surface area contributed by atoms with Crippen molar-refractivity contribution in [2.75, 3.05) is 5.32 Å². The Hall–Kier alpha value is -1.29. The summed E-state index contributed by atoms with van der Waals surface area (Å²) in [5, 5.41) is 5.55. The predicted octanol–water partition coefficient (Wildman–Crippen LogP) is 4.83. The van der Waals surface area contributed by atoms with Crippen LogP contribution in [0.1, 0.15) is 33.3 Å². The van der Waals surface area contributed by atoms with Crippen molar-refractivity contribution in [3.05, 3.63) is 40.0 Å². The second-order valence-corrected chi connectivity index (χ2v) is 6.51. The third-order valence-corrected chi connectivity index (χ3v) is 3.63. The van der Waals surface area contributed by atoms with Crippen molar-refractivity contribution < 1.29 is 4.79 Å². The van der Waals surface area contributed by atoms with Gasteiger partial charge < -0.3 is 10.6 Å². The molecule has 4 heteroatoms. The molecule has 1 rings (SSSR count). The van der Waals surface area contributed by atoms with E-state index in [0.717, 1.165) is 21.3 Å². The lowest BCUT2D eigenvalue weighted by Gasteiger charge is -2.19. The van der Waals surface area contributed by atoms with Crippen LogP contribution < -0.4 is 10.6 Å². The molecule has 0 bridgehead atoms. The number of aryl methyl sites for hydroxylation is 1. The molecule has 0 saturated heterocycles. The highest BCUT2D eigenvalue weighted by molar-refractivity contribution is 9.10. The monoisotopic (exact) mass is 324 g/mol. The number of rotatable bonds is 2. The van der Waals surface area contributed by atoms with Crippen molar-refractivity contribution in [1.82, 2.24) is 5.32 Å². The van der Waals surface area contributed by atoms with E-state index in [1.54, 1.807) is 6.20 Å². The molecule has 0 atom stereocenters. The Labute approximate surface area is 123 Å². The van der Waals surface area contributed by atoms with Gasteiger partial charge in [-0.2, -0.15) is 0 Å². The van der Waals surface area contributed by atoms with Crippen LogP contribution in [0.25, 0.3) is 0 Å². The summed E-state index contributed by atoms with van der Waals surface area (Å²) in [4.78, 5) is 11.8. The standard InChI is InChI=1S/C15H21BrN2O/c1-10-6-7-13(12(16)8-10)18-14(19)17-9-11(2)15(3,4)5/h6-9H,1-5H3,(H2,17,18,19)/b11-9+. The maximum absolute atomic E-state index is 11.8. The van der Waals surface area contributed by atoms with Gasteiger partial charge in [-0.1, -0.05) is 32.4 Å². The molecule has 1 aromatic rings. The van der Waals surface area contributed by atoms with E-state index in [-0.39, 0.29) is 11.4 Å². The number of carbonyl (C=O) groups is 1. The molecule has 0 aliphatic carbocycles. The number of nitrogens with one attached hydrogen (secondary N) is 2. The van der Waals surface area contributed by atoms with Gasteiger partial charge in [0.05, 0.1) is 5.69 Å². The van der Waals surface area contributed by atoms with Gasteiger partial charge >= 0.3 is 6.03 Å². The van der Waals surface area contributed by atoms with Crippen molar-refractivity contribution >= 4 is 27.6 Å². The lowest BCUT2D eigenvalue weighted by Crippen LogP contribution is -2.25. The van der Waals surface area contributed by atoms with Crippen LogP contribution in [-0.2, 0) is 0 Å². The Morgan fingerprint density at radius 1 is 1.32 bits per heavy atom. The zero-order valence-corrected chi connectivity index (χ0v) is 13.7. The van der Waals surface area contributed by atoms with Crippen LogP contribution in [0.3, 0.4) is 0 Å². The van der Waals surface area contributed by atoms with Crippen LogP contribution in [0.5, 0.6) is 0 Å².